The van der Waals surface area contributed by atoms with Gasteiger partial charge >= 0.3 is 5.97 Å². The van der Waals surface area contributed by atoms with Crippen LogP contribution in [-0.2, 0) is 24.0 Å². The molecule has 32 heavy (non-hydrogen) atoms. The van der Waals surface area contributed by atoms with E-state index in [1.165, 1.54) is 6.92 Å². The molecule has 10 N–H and O–H groups in total. The highest BCUT2D eigenvalue weighted by Crippen LogP contribution is 2.06. The summed E-state index contributed by atoms with van der Waals surface area (Å²) in [6.45, 7) is 2.37. The number of carbonyl (C=O) groups excluding carboxylic acids is 4. The fourth-order valence-electron chi connectivity index (χ4n) is 2.34. The van der Waals surface area contributed by atoms with Gasteiger partial charge in [0, 0.05) is 0 Å². The van der Waals surface area contributed by atoms with Crippen molar-refractivity contribution in [3.8, 4) is 0 Å². The SMILES string of the molecule is CC[C@H](C)[C@H](N)C(=O)N[C@H](C(=O)NCC(=O)N[C@@H](CO)C(=O)N[C@@H](CO)C(=O)O)[C@H](C)O. The Kier molecular flexibility index (Phi) is 13.0. The summed E-state index contributed by atoms with van der Waals surface area (Å²) in [5.74, 6) is -5.23. The van der Waals surface area contributed by atoms with Gasteiger partial charge in [0.2, 0.25) is 23.6 Å². The highest BCUT2D eigenvalue weighted by molar-refractivity contribution is 5.94. The second-order valence-electron chi connectivity index (χ2n) is 7.24. The summed E-state index contributed by atoms with van der Waals surface area (Å²) in [6.07, 6.45) is -0.695. The highest BCUT2D eigenvalue weighted by atomic mass is 16.4. The van der Waals surface area contributed by atoms with Gasteiger partial charge in [-0.1, -0.05) is 20.3 Å². The minimum atomic E-state index is -1.63. The number of carbonyl (C=O) groups is 5. The quantitative estimate of drug-likeness (QED) is 0.119. The molecule has 0 unspecified atom stereocenters. The van der Waals surface area contributed by atoms with Crippen LogP contribution in [0.1, 0.15) is 27.2 Å². The molecule has 0 aliphatic heterocycles. The zero-order valence-corrected chi connectivity index (χ0v) is 18.2. The van der Waals surface area contributed by atoms with Gasteiger partial charge in [-0.05, 0) is 12.8 Å². The highest BCUT2D eigenvalue weighted by Gasteiger charge is 2.30. The number of aliphatic hydroxyl groups is 3. The molecule has 14 nitrogen and oxygen atoms in total. The van der Waals surface area contributed by atoms with E-state index in [-0.39, 0.29) is 5.92 Å². The van der Waals surface area contributed by atoms with Crippen LogP contribution in [0.4, 0.5) is 0 Å². The Labute approximate surface area is 184 Å². The number of nitrogens with one attached hydrogen (secondary N) is 4. The van der Waals surface area contributed by atoms with E-state index >= 15 is 0 Å². The van der Waals surface area contributed by atoms with Crippen molar-refractivity contribution >= 4 is 29.6 Å². The maximum Gasteiger partial charge on any atom is 0.328 e. The third kappa shape index (κ3) is 9.55. The van der Waals surface area contributed by atoms with Crippen molar-refractivity contribution in [1.82, 2.24) is 21.3 Å². The zero-order chi connectivity index (χ0) is 25.0. The first-order valence-electron chi connectivity index (χ1n) is 9.95. The minimum Gasteiger partial charge on any atom is -0.480 e. The zero-order valence-electron chi connectivity index (χ0n) is 18.2. The summed E-state index contributed by atoms with van der Waals surface area (Å²) < 4.78 is 0. The lowest BCUT2D eigenvalue weighted by molar-refractivity contribution is -0.143. The molecule has 0 aromatic heterocycles. The van der Waals surface area contributed by atoms with E-state index < -0.39 is 79.6 Å². The van der Waals surface area contributed by atoms with Crippen LogP contribution in [0.3, 0.4) is 0 Å². The Morgan fingerprint density at radius 3 is 1.88 bits per heavy atom. The normalized spacial score (nSPS) is 16.5. The fraction of sp³-hybridized carbons (Fsp3) is 0.722. The van der Waals surface area contributed by atoms with E-state index in [4.69, 9.17) is 15.9 Å². The number of nitrogens with two attached hydrogens (primary N) is 1. The number of carboxylic acid groups (broad SMARTS) is 1. The number of aliphatic carboxylic acids is 1. The molecule has 0 spiro atoms. The van der Waals surface area contributed by atoms with E-state index in [9.17, 15) is 34.2 Å². The Morgan fingerprint density at radius 2 is 1.44 bits per heavy atom. The van der Waals surface area contributed by atoms with E-state index in [1.54, 1.807) is 6.92 Å². The largest absolute Gasteiger partial charge is 0.480 e. The van der Waals surface area contributed by atoms with Crippen LogP contribution in [0.5, 0.6) is 0 Å². The van der Waals surface area contributed by atoms with Crippen molar-refractivity contribution < 1.29 is 44.4 Å². The summed E-state index contributed by atoms with van der Waals surface area (Å²) in [4.78, 5) is 59.3. The van der Waals surface area contributed by atoms with Crippen molar-refractivity contribution in [2.24, 2.45) is 11.7 Å². The van der Waals surface area contributed by atoms with E-state index in [1.807, 2.05) is 12.2 Å². The predicted octanol–water partition coefficient (Wildman–Crippen LogP) is -4.62. The molecule has 0 fully saturated rings. The van der Waals surface area contributed by atoms with Crippen LogP contribution in [0, 0.1) is 5.92 Å². The van der Waals surface area contributed by atoms with Crippen molar-refractivity contribution in [3.05, 3.63) is 0 Å². The molecule has 0 saturated heterocycles. The predicted molar refractivity (Wildman–Crippen MR) is 110 cm³/mol. The molecule has 0 radical (unpaired) electrons. The van der Waals surface area contributed by atoms with Gasteiger partial charge in [0.25, 0.3) is 0 Å². The maximum atomic E-state index is 12.3. The number of amides is 4. The molecule has 0 bridgehead atoms. The number of carboxylic acids is 1. The summed E-state index contributed by atoms with van der Waals surface area (Å²) in [6, 6.07) is -5.49. The lowest BCUT2D eigenvalue weighted by Gasteiger charge is -2.24. The molecular weight excluding hydrogens is 430 g/mol. The third-order valence-corrected chi connectivity index (χ3v) is 4.68. The topological polar surface area (TPSA) is 240 Å². The fourth-order valence-corrected chi connectivity index (χ4v) is 2.34. The third-order valence-electron chi connectivity index (χ3n) is 4.68. The van der Waals surface area contributed by atoms with Gasteiger partial charge < -0.3 is 47.4 Å². The Hall–Kier alpha value is -2.81. The van der Waals surface area contributed by atoms with Gasteiger partial charge in [0.15, 0.2) is 0 Å². The molecule has 6 atom stereocenters. The Morgan fingerprint density at radius 1 is 0.875 bits per heavy atom. The van der Waals surface area contributed by atoms with Gasteiger partial charge in [0.1, 0.15) is 18.1 Å². The van der Waals surface area contributed by atoms with E-state index in [2.05, 4.69) is 16.0 Å². The molecule has 0 aliphatic carbocycles. The van der Waals surface area contributed by atoms with Crippen molar-refractivity contribution in [1.29, 1.82) is 0 Å². The van der Waals surface area contributed by atoms with Crippen LogP contribution in [0.2, 0.25) is 0 Å². The first-order valence-corrected chi connectivity index (χ1v) is 9.95. The van der Waals surface area contributed by atoms with Gasteiger partial charge in [-0.25, -0.2) is 4.79 Å². The summed E-state index contributed by atoms with van der Waals surface area (Å²) in [7, 11) is 0. The first-order chi connectivity index (χ1) is 14.9. The molecule has 0 heterocycles. The second kappa shape index (κ2) is 14.3. The van der Waals surface area contributed by atoms with Gasteiger partial charge in [0.05, 0.1) is 31.9 Å². The van der Waals surface area contributed by atoms with E-state index in [0.29, 0.717) is 6.42 Å². The number of hydrogen-bond donors (Lipinski definition) is 9. The average molecular weight is 463 g/mol. The van der Waals surface area contributed by atoms with Crippen LogP contribution in [0.15, 0.2) is 0 Å². The molecular formula is C18H33N5O9. The van der Waals surface area contributed by atoms with Crippen LogP contribution < -0.4 is 27.0 Å². The molecule has 4 amide bonds. The molecule has 0 aliphatic rings. The molecule has 184 valence electrons. The molecule has 0 rings (SSSR count). The first kappa shape index (κ1) is 29.2. The molecule has 14 heteroatoms. The summed E-state index contributed by atoms with van der Waals surface area (Å²) in [5.41, 5.74) is 5.80. The minimum absolute atomic E-state index is 0.174. The smallest absolute Gasteiger partial charge is 0.328 e. The maximum absolute atomic E-state index is 12.3. The lowest BCUT2D eigenvalue weighted by Crippen LogP contribution is -2.58. The molecule has 0 saturated carbocycles. The monoisotopic (exact) mass is 463 g/mol. The van der Waals surface area contributed by atoms with Crippen molar-refractivity contribution in [3.63, 3.8) is 0 Å². The average Bonchev–Trinajstić information content (AvgIpc) is 2.75. The molecule has 0 aromatic carbocycles. The van der Waals surface area contributed by atoms with Gasteiger partial charge in [-0.2, -0.15) is 0 Å². The second-order valence-corrected chi connectivity index (χ2v) is 7.24. The van der Waals surface area contributed by atoms with Crippen molar-refractivity contribution in [2.75, 3.05) is 19.8 Å². The Bertz CT molecular complexity index is 673. The number of hydrogen-bond acceptors (Lipinski definition) is 9. The number of rotatable bonds is 14. The standard InChI is InChI=1S/C18H33N5O9/c1-4-8(2)13(19)16(29)23-14(9(3)26)17(30)20-5-12(27)21-10(6-24)15(28)22-11(7-25)18(31)32/h8-11,13-14,24-26H,4-7,19H2,1-3H3,(H,20,30)(H,21,27)(H,22,28)(H,23,29)(H,31,32)/t8-,9-,10-,11-,13-,14-/m0/s1. The summed E-state index contributed by atoms with van der Waals surface area (Å²) >= 11 is 0. The summed E-state index contributed by atoms with van der Waals surface area (Å²) in [5, 5.41) is 45.3. The van der Waals surface area contributed by atoms with Crippen LogP contribution >= 0.6 is 0 Å². The molecule has 0 aromatic rings. The lowest BCUT2D eigenvalue weighted by atomic mass is 9.99. The number of aliphatic hydroxyl groups excluding tert-OH is 3. The van der Waals surface area contributed by atoms with Crippen molar-refractivity contribution in [2.45, 2.75) is 57.5 Å². The van der Waals surface area contributed by atoms with Gasteiger partial charge in [-0.15, -0.1) is 0 Å². The van der Waals surface area contributed by atoms with Crippen LogP contribution in [-0.4, -0.2) is 100 Å². The van der Waals surface area contributed by atoms with Crippen LogP contribution in [0.25, 0.3) is 0 Å². The Balaban J connectivity index is 4.88. The van der Waals surface area contributed by atoms with Gasteiger partial charge in [-0.3, -0.25) is 19.2 Å². The van der Waals surface area contributed by atoms with E-state index in [0.717, 1.165) is 0 Å².